The van der Waals surface area contributed by atoms with Gasteiger partial charge in [0.1, 0.15) is 5.78 Å². The SMILES string of the molecule is CC(=O)[C@H](NC(C)C)[C@@H](C)O. The van der Waals surface area contributed by atoms with Crippen molar-refractivity contribution in [3.05, 3.63) is 0 Å². The van der Waals surface area contributed by atoms with Crippen LogP contribution in [0.1, 0.15) is 27.7 Å². The van der Waals surface area contributed by atoms with Crippen LogP contribution in [0, 0.1) is 0 Å². The minimum atomic E-state index is -0.616. The van der Waals surface area contributed by atoms with Crippen molar-refractivity contribution in [2.24, 2.45) is 0 Å². The zero-order chi connectivity index (χ0) is 9.02. The van der Waals surface area contributed by atoms with E-state index in [4.69, 9.17) is 5.11 Å². The molecule has 0 unspecified atom stereocenters. The Balaban J connectivity index is 4.01. The lowest BCUT2D eigenvalue weighted by Crippen LogP contribution is -2.46. The predicted molar refractivity (Wildman–Crippen MR) is 44.4 cm³/mol. The lowest BCUT2D eigenvalue weighted by molar-refractivity contribution is -0.121. The molecule has 0 heterocycles. The molecule has 2 N–H and O–H groups in total. The molecule has 0 bridgehead atoms. The molecule has 0 aromatic heterocycles. The van der Waals surface area contributed by atoms with E-state index in [9.17, 15) is 4.79 Å². The molecule has 0 radical (unpaired) electrons. The Morgan fingerprint density at radius 2 is 1.82 bits per heavy atom. The maximum Gasteiger partial charge on any atom is 0.149 e. The molecule has 0 aliphatic rings. The van der Waals surface area contributed by atoms with Crippen LogP contribution in [0.5, 0.6) is 0 Å². The van der Waals surface area contributed by atoms with E-state index >= 15 is 0 Å². The second-order valence-corrected chi connectivity index (χ2v) is 3.15. The van der Waals surface area contributed by atoms with E-state index in [0.717, 1.165) is 0 Å². The van der Waals surface area contributed by atoms with Crippen molar-refractivity contribution in [2.75, 3.05) is 0 Å². The molecule has 0 saturated heterocycles. The van der Waals surface area contributed by atoms with E-state index < -0.39 is 12.1 Å². The van der Waals surface area contributed by atoms with Gasteiger partial charge in [-0.2, -0.15) is 0 Å². The molecule has 3 heteroatoms. The number of hydrogen-bond acceptors (Lipinski definition) is 3. The van der Waals surface area contributed by atoms with Crippen LogP contribution in [0.4, 0.5) is 0 Å². The molecule has 0 aromatic carbocycles. The molecule has 0 aliphatic heterocycles. The fraction of sp³-hybridized carbons (Fsp3) is 0.875. The van der Waals surface area contributed by atoms with E-state index in [1.807, 2.05) is 13.8 Å². The number of carbonyl (C=O) groups excluding carboxylic acids is 1. The highest BCUT2D eigenvalue weighted by molar-refractivity contribution is 5.82. The number of ketones is 1. The van der Waals surface area contributed by atoms with Gasteiger partial charge in [0.25, 0.3) is 0 Å². The molecule has 0 saturated carbocycles. The van der Waals surface area contributed by atoms with Crippen molar-refractivity contribution in [2.45, 2.75) is 45.9 Å². The zero-order valence-corrected chi connectivity index (χ0v) is 7.59. The Bertz CT molecular complexity index is 132. The largest absolute Gasteiger partial charge is 0.391 e. The third-order valence-corrected chi connectivity index (χ3v) is 1.43. The van der Waals surface area contributed by atoms with Crippen LogP contribution < -0.4 is 5.32 Å². The molecule has 3 nitrogen and oxygen atoms in total. The predicted octanol–water partition coefficient (Wildman–Crippen LogP) is 0.323. The highest BCUT2D eigenvalue weighted by atomic mass is 16.3. The van der Waals surface area contributed by atoms with Gasteiger partial charge in [0.05, 0.1) is 12.1 Å². The van der Waals surface area contributed by atoms with Crippen LogP contribution in [0.3, 0.4) is 0 Å². The first-order valence-corrected chi connectivity index (χ1v) is 3.89. The fourth-order valence-corrected chi connectivity index (χ4v) is 0.955. The van der Waals surface area contributed by atoms with E-state index in [1.165, 1.54) is 6.92 Å². The van der Waals surface area contributed by atoms with Crippen LogP contribution in [0.15, 0.2) is 0 Å². The summed E-state index contributed by atoms with van der Waals surface area (Å²) in [5.74, 6) is -0.0197. The van der Waals surface area contributed by atoms with E-state index in [0.29, 0.717) is 0 Å². The minimum Gasteiger partial charge on any atom is -0.391 e. The summed E-state index contributed by atoms with van der Waals surface area (Å²) in [4.78, 5) is 10.9. The summed E-state index contributed by atoms with van der Waals surface area (Å²) >= 11 is 0. The van der Waals surface area contributed by atoms with Crippen LogP contribution in [0.25, 0.3) is 0 Å². The average molecular weight is 159 g/mol. The summed E-state index contributed by atoms with van der Waals surface area (Å²) in [6.45, 7) is 6.98. The maximum absolute atomic E-state index is 10.9. The summed E-state index contributed by atoms with van der Waals surface area (Å²) in [6.07, 6.45) is -0.616. The van der Waals surface area contributed by atoms with Crippen LogP contribution >= 0.6 is 0 Å². The van der Waals surface area contributed by atoms with Crippen molar-refractivity contribution in [1.82, 2.24) is 5.32 Å². The molecule has 2 atom stereocenters. The van der Waals surface area contributed by atoms with Crippen molar-refractivity contribution in [1.29, 1.82) is 0 Å². The molecular formula is C8H17NO2. The molecule has 0 rings (SSSR count). The molecule has 0 spiro atoms. The van der Waals surface area contributed by atoms with Gasteiger partial charge in [-0.25, -0.2) is 0 Å². The molecule has 0 aromatic rings. The Morgan fingerprint density at radius 1 is 1.36 bits per heavy atom. The molecule has 11 heavy (non-hydrogen) atoms. The Kier molecular flexibility index (Phi) is 4.30. The van der Waals surface area contributed by atoms with Gasteiger partial charge < -0.3 is 10.4 Å². The monoisotopic (exact) mass is 159 g/mol. The first-order chi connectivity index (χ1) is 4.95. The zero-order valence-electron chi connectivity index (χ0n) is 7.59. The van der Waals surface area contributed by atoms with E-state index in [1.54, 1.807) is 6.92 Å². The smallest absolute Gasteiger partial charge is 0.149 e. The summed E-state index contributed by atoms with van der Waals surface area (Å²) in [6, 6.07) is -0.200. The second kappa shape index (κ2) is 4.46. The summed E-state index contributed by atoms with van der Waals surface area (Å²) in [7, 11) is 0. The lowest BCUT2D eigenvalue weighted by atomic mass is 10.1. The van der Waals surface area contributed by atoms with Crippen LogP contribution in [-0.2, 0) is 4.79 Å². The van der Waals surface area contributed by atoms with Crippen LogP contribution in [0.2, 0.25) is 0 Å². The summed E-state index contributed by atoms with van der Waals surface area (Å²) in [5.41, 5.74) is 0. The normalized spacial score (nSPS) is 16.5. The van der Waals surface area contributed by atoms with Crippen molar-refractivity contribution >= 4 is 5.78 Å². The van der Waals surface area contributed by atoms with Gasteiger partial charge in [0, 0.05) is 6.04 Å². The Hall–Kier alpha value is -0.410. The average Bonchev–Trinajstić information content (AvgIpc) is 1.81. The van der Waals surface area contributed by atoms with Gasteiger partial charge in [0.15, 0.2) is 0 Å². The molecule has 0 fully saturated rings. The molecule has 0 aliphatic carbocycles. The fourth-order valence-electron chi connectivity index (χ4n) is 0.955. The van der Waals surface area contributed by atoms with Crippen LogP contribution in [-0.4, -0.2) is 29.1 Å². The highest BCUT2D eigenvalue weighted by Crippen LogP contribution is 1.95. The van der Waals surface area contributed by atoms with Crippen molar-refractivity contribution in [3.63, 3.8) is 0 Å². The summed E-state index contributed by atoms with van der Waals surface area (Å²) < 4.78 is 0. The van der Waals surface area contributed by atoms with E-state index in [2.05, 4.69) is 5.32 Å². The number of nitrogens with one attached hydrogen (secondary N) is 1. The third-order valence-electron chi connectivity index (χ3n) is 1.43. The van der Waals surface area contributed by atoms with Gasteiger partial charge in [-0.3, -0.25) is 4.79 Å². The Morgan fingerprint density at radius 3 is 1.91 bits per heavy atom. The van der Waals surface area contributed by atoms with Gasteiger partial charge in [-0.15, -0.1) is 0 Å². The third kappa shape index (κ3) is 4.11. The number of carbonyl (C=O) groups is 1. The van der Waals surface area contributed by atoms with Gasteiger partial charge in [-0.05, 0) is 13.8 Å². The minimum absolute atomic E-state index is 0.0197. The van der Waals surface area contributed by atoms with Crippen molar-refractivity contribution < 1.29 is 9.90 Å². The van der Waals surface area contributed by atoms with Crippen molar-refractivity contribution in [3.8, 4) is 0 Å². The molecule has 0 amide bonds. The quantitative estimate of drug-likeness (QED) is 0.621. The number of rotatable bonds is 4. The molecule has 66 valence electrons. The number of aliphatic hydroxyl groups is 1. The first-order valence-electron chi connectivity index (χ1n) is 3.89. The standard InChI is InChI=1S/C8H17NO2/c1-5(2)9-8(6(3)10)7(4)11/h5-6,8-10H,1-4H3/t6-,8-/m1/s1. The van der Waals surface area contributed by atoms with Gasteiger partial charge >= 0.3 is 0 Å². The second-order valence-electron chi connectivity index (χ2n) is 3.15. The number of hydrogen-bond donors (Lipinski definition) is 2. The van der Waals surface area contributed by atoms with Gasteiger partial charge in [-0.1, -0.05) is 13.8 Å². The highest BCUT2D eigenvalue weighted by Gasteiger charge is 2.19. The van der Waals surface area contributed by atoms with Gasteiger partial charge in [0.2, 0.25) is 0 Å². The number of Topliss-reactive ketones (excluding diaryl/α,β-unsaturated/α-hetero) is 1. The Labute approximate surface area is 67.8 Å². The molecular weight excluding hydrogens is 142 g/mol. The summed E-state index contributed by atoms with van der Waals surface area (Å²) in [5, 5.41) is 12.1. The topological polar surface area (TPSA) is 49.3 Å². The first kappa shape index (κ1) is 10.6. The number of aliphatic hydroxyl groups excluding tert-OH is 1. The maximum atomic E-state index is 10.9. The van der Waals surface area contributed by atoms with E-state index in [-0.39, 0.29) is 11.8 Å². The lowest BCUT2D eigenvalue weighted by Gasteiger charge is -2.20.